The van der Waals surface area contributed by atoms with Gasteiger partial charge in [0.25, 0.3) is 0 Å². The molecule has 1 aliphatic carbocycles. The molecule has 0 aromatic heterocycles. The average molecular weight is 326 g/mol. The number of halogens is 1. The van der Waals surface area contributed by atoms with Gasteiger partial charge in [0.2, 0.25) is 5.91 Å². The van der Waals surface area contributed by atoms with E-state index in [0.29, 0.717) is 18.4 Å². The fraction of sp³-hybridized carbons (Fsp3) is 0.533. The minimum Gasteiger partial charge on any atom is -0.496 e. The van der Waals surface area contributed by atoms with E-state index in [-0.39, 0.29) is 5.91 Å². The van der Waals surface area contributed by atoms with Gasteiger partial charge in [0.05, 0.1) is 13.5 Å². The lowest BCUT2D eigenvalue weighted by Gasteiger charge is -2.19. The van der Waals surface area contributed by atoms with Crippen molar-refractivity contribution in [1.82, 2.24) is 5.32 Å². The van der Waals surface area contributed by atoms with Crippen molar-refractivity contribution in [2.45, 2.75) is 31.7 Å². The van der Waals surface area contributed by atoms with E-state index in [4.69, 9.17) is 4.74 Å². The summed E-state index contributed by atoms with van der Waals surface area (Å²) in [5, 5.41) is 4.12. The second-order valence-corrected chi connectivity index (χ2v) is 5.66. The third kappa shape index (κ3) is 3.72. The molecule has 0 heterocycles. The van der Waals surface area contributed by atoms with Gasteiger partial charge in [-0.3, -0.25) is 4.79 Å². The molecule has 1 N–H and O–H groups in total. The highest BCUT2D eigenvalue weighted by Crippen LogP contribution is 2.27. The lowest BCUT2D eigenvalue weighted by Crippen LogP contribution is -2.38. The van der Waals surface area contributed by atoms with Crippen LogP contribution in [0.5, 0.6) is 5.75 Å². The zero-order valence-corrected chi connectivity index (χ0v) is 12.8. The van der Waals surface area contributed by atoms with Crippen molar-refractivity contribution in [2.75, 3.05) is 12.4 Å². The first kappa shape index (κ1) is 14.4. The van der Waals surface area contributed by atoms with E-state index in [1.165, 1.54) is 12.8 Å². The number of ether oxygens (including phenoxy) is 1. The van der Waals surface area contributed by atoms with Crippen molar-refractivity contribution in [3.63, 3.8) is 0 Å². The third-order valence-electron chi connectivity index (χ3n) is 3.75. The van der Waals surface area contributed by atoms with E-state index >= 15 is 0 Å². The molecule has 104 valence electrons. The Bertz CT molecular complexity index is 436. The maximum absolute atomic E-state index is 12.1. The molecule has 1 amide bonds. The number of benzene rings is 1. The van der Waals surface area contributed by atoms with Gasteiger partial charge in [-0.1, -0.05) is 40.5 Å². The van der Waals surface area contributed by atoms with Crippen LogP contribution in [0, 0.1) is 5.92 Å². The average Bonchev–Trinajstić information content (AvgIpc) is 2.86. The van der Waals surface area contributed by atoms with Gasteiger partial charge in [-0.15, -0.1) is 0 Å². The van der Waals surface area contributed by atoms with Crippen LogP contribution < -0.4 is 10.1 Å². The molecule has 1 fully saturated rings. The van der Waals surface area contributed by atoms with Gasteiger partial charge in [0.1, 0.15) is 5.75 Å². The molecule has 2 atom stereocenters. The van der Waals surface area contributed by atoms with Crippen molar-refractivity contribution >= 4 is 21.8 Å². The molecule has 19 heavy (non-hydrogen) atoms. The first-order valence-corrected chi connectivity index (χ1v) is 7.84. The van der Waals surface area contributed by atoms with Crippen LogP contribution in [0.3, 0.4) is 0 Å². The molecular formula is C15H20BrNO2. The molecule has 0 bridgehead atoms. The number of carbonyl (C=O) groups is 1. The minimum atomic E-state index is 0.0855. The van der Waals surface area contributed by atoms with Crippen LogP contribution in [0.1, 0.15) is 24.8 Å². The molecule has 4 heteroatoms. The summed E-state index contributed by atoms with van der Waals surface area (Å²) in [5.41, 5.74) is 0.941. The fourth-order valence-electron chi connectivity index (χ4n) is 2.69. The standard InChI is InChI=1S/C15H20BrNO2/c1-19-14-8-3-2-5-11(14)9-15(18)17-13-7-4-6-12(13)10-16/h2-3,5,8,12-13H,4,6-7,9-10H2,1H3,(H,17,18). The fourth-order valence-corrected chi connectivity index (χ4v) is 3.47. The summed E-state index contributed by atoms with van der Waals surface area (Å²) in [6.07, 6.45) is 3.88. The highest BCUT2D eigenvalue weighted by atomic mass is 79.9. The molecule has 2 rings (SSSR count). The number of hydrogen-bond donors (Lipinski definition) is 1. The molecule has 0 aliphatic heterocycles. The van der Waals surface area contributed by atoms with E-state index < -0.39 is 0 Å². The summed E-state index contributed by atoms with van der Waals surface area (Å²) in [5.74, 6) is 1.44. The lowest BCUT2D eigenvalue weighted by atomic mass is 10.1. The zero-order chi connectivity index (χ0) is 13.7. The molecule has 0 spiro atoms. The lowest BCUT2D eigenvalue weighted by molar-refractivity contribution is -0.121. The molecule has 0 radical (unpaired) electrons. The number of rotatable bonds is 5. The SMILES string of the molecule is COc1ccccc1CC(=O)NC1CCCC1CBr. The zero-order valence-electron chi connectivity index (χ0n) is 11.2. The Balaban J connectivity index is 1.94. The van der Waals surface area contributed by atoms with Crippen LogP contribution >= 0.6 is 15.9 Å². The Morgan fingerprint density at radius 2 is 2.21 bits per heavy atom. The second kappa shape index (κ2) is 6.94. The third-order valence-corrected chi connectivity index (χ3v) is 4.58. The molecular weight excluding hydrogens is 306 g/mol. The smallest absolute Gasteiger partial charge is 0.224 e. The first-order valence-electron chi connectivity index (χ1n) is 6.71. The molecule has 1 aromatic carbocycles. The van der Waals surface area contributed by atoms with Crippen LogP contribution in [0.15, 0.2) is 24.3 Å². The normalized spacial score (nSPS) is 22.2. The minimum absolute atomic E-state index is 0.0855. The van der Waals surface area contributed by atoms with Crippen molar-refractivity contribution in [3.8, 4) is 5.75 Å². The van der Waals surface area contributed by atoms with Crippen LogP contribution in [-0.4, -0.2) is 24.4 Å². The highest BCUT2D eigenvalue weighted by Gasteiger charge is 2.27. The number of carbonyl (C=O) groups excluding carboxylic acids is 1. The Morgan fingerprint density at radius 1 is 1.42 bits per heavy atom. The predicted octanol–water partition coefficient (Wildman–Crippen LogP) is 2.92. The van der Waals surface area contributed by atoms with Crippen molar-refractivity contribution in [2.24, 2.45) is 5.92 Å². The maximum atomic E-state index is 12.1. The van der Waals surface area contributed by atoms with Gasteiger partial charge in [0, 0.05) is 16.9 Å². The first-order chi connectivity index (χ1) is 9.24. The molecule has 1 aliphatic rings. The molecule has 0 saturated heterocycles. The molecule has 1 saturated carbocycles. The van der Waals surface area contributed by atoms with Gasteiger partial charge in [-0.25, -0.2) is 0 Å². The summed E-state index contributed by atoms with van der Waals surface area (Å²) >= 11 is 3.52. The number of amides is 1. The van der Waals surface area contributed by atoms with Crippen LogP contribution in [-0.2, 0) is 11.2 Å². The predicted molar refractivity (Wildman–Crippen MR) is 79.8 cm³/mol. The number of nitrogens with one attached hydrogen (secondary N) is 1. The van der Waals surface area contributed by atoms with E-state index in [1.807, 2.05) is 24.3 Å². The van der Waals surface area contributed by atoms with Crippen molar-refractivity contribution in [3.05, 3.63) is 29.8 Å². The summed E-state index contributed by atoms with van der Waals surface area (Å²) in [6.45, 7) is 0. The maximum Gasteiger partial charge on any atom is 0.224 e. The van der Waals surface area contributed by atoms with E-state index in [9.17, 15) is 4.79 Å². The molecule has 1 aromatic rings. The van der Waals surface area contributed by atoms with Crippen molar-refractivity contribution in [1.29, 1.82) is 0 Å². The number of methoxy groups -OCH3 is 1. The van der Waals surface area contributed by atoms with Crippen molar-refractivity contribution < 1.29 is 9.53 Å². The van der Waals surface area contributed by atoms with Gasteiger partial charge in [-0.05, 0) is 24.8 Å². The number of alkyl halides is 1. The summed E-state index contributed by atoms with van der Waals surface area (Å²) in [6, 6.07) is 8.00. The van der Waals surface area contributed by atoms with E-state index in [1.54, 1.807) is 7.11 Å². The summed E-state index contributed by atoms with van der Waals surface area (Å²) < 4.78 is 5.27. The van der Waals surface area contributed by atoms with Gasteiger partial charge < -0.3 is 10.1 Å². The second-order valence-electron chi connectivity index (χ2n) is 5.01. The topological polar surface area (TPSA) is 38.3 Å². The largest absolute Gasteiger partial charge is 0.496 e. The van der Waals surface area contributed by atoms with E-state index in [0.717, 1.165) is 23.1 Å². The quantitative estimate of drug-likeness (QED) is 0.845. The highest BCUT2D eigenvalue weighted by molar-refractivity contribution is 9.09. The Morgan fingerprint density at radius 3 is 2.95 bits per heavy atom. The number of para-hydroxylation sites is 1. The molecule has 3 nitrogen and oxygen atoms in total. The van der Waals surface area contributed by atoms with E-state index in [2.05, 4.69) is 21.2 Å². The van der Waals surface area contributed by atoms with Gasteiger partial charge >= 0.3 is 0 Å². The Labute approximate surface area is 122 Å². The Kier molecular flexibility index (Phi) is 5.25. The summed E-state index contributed by atoms with van der Waals surface area (Å²) in [7, 11) is 1.63. The van der Waals surface area contributed by atoms with Gasteiger partial charge in [-0.2, -0.15) is 0 Å². The van der Waals surface area contributed by atoms with Crippen LogP contribution in [0.2, 0.25) is 0 Å². The summed E-state index contributed by atoms with van der Waals surface area (Å²) in [4.78, 5) is 12.1. The molecule has 2 unspecified atom stereocenters. The Hall–Kier alpha value is -1.03. The monoisotopic (exact) mass is 325 g/mol. The number of hydrogen-bond acceptors (Lipinski definition) is 2. The van der Waals surface area contributed by atoms with Crippen LogP contribution in [0.4, 0.5) is 0 Å². The van der Waals surface area contributed by atoms with Gasteiger partial charge in [0.15, 0.2) is 0 Å². The van der Waals surface area contributed by atoms with Crippen LogP contribution in [0.25, 0.3) is 0 Å².